The summed E-state index contributed by atoms with van der Waals surface area (Å²) in [5, 5.41) is 11.6. The van der Waals surface area contributed by atoms with Gasteiger partial charge in [0, 0.05) is 12.8 Å². The van der Waals surface area contributed by atoms with Crippen LogP contribution in [0.15, 0.2) is 0 Å². The molecule has 31 heavy (non-hydrogen) atoms. The summed E-state index contributed by atoms with van der Waals surface area (Å²) in [5.74, 6) is -1.02. The minimum absolute atomic E-state index is 0.0361. The molecule has 1 unspecified atom stereocenters. The molecule has 0 aromatic heterocycles. The highest BCUT2D eigenvalue weighted by atomic mass is 16.4. The van der Waals surface area contributed by atoms with E-state index in [2.05, 4.69) is 19.2 Å². The lowest BCUT2D eigenvalue weighted by Crippen LogP contribution is -2.41. The van der Waals surface area contributed by atoms with E-state index < -0.39 is 17.9 Å². The molecule has 0 aliphatic rings. The van der Waals surface area contributed by atoms with Crippen LogP contribution >= 0.6 is 0 Å². The number of carboxylic acids is 1. The van der Waals surface area contributed by atoms with Crippen LogP contribution in [0.2, 0.25) is 0 Å². The summed E-state index contributed by atoms with van der Waals surface area (Å²) in [6.07, 6.45) is 19.2. The van der Waals surface area contributed by atoms with E-state index in [1.54, 1.807) is 0 Å². The lowest BCUT2D eigenvalue weighted by molar-refractivity contribution is -0.142. The number of rotatable bonds is 22. The fraction of sp³-hybridized carbons (Fsp3) is 0.880. The molecule has 0 spiro atoms. The molecular weight excluding hydrogens is 392 g/mol. The van der Waals surface area contributed by atoms with Crippen LogP contribution in [-0.4, -0.2) is 28.9 Å². The molecule has 0 bridgehead atoms. The van der Waals surface area contributed by atoms with E-state index in [4.69, 9.17) is 10.8 Å². The summed E-state index contributed by atoms with van der Waals surface area (Å²) in [7, 11) is 0. The Morgan fingerprint density at radius 1 is 0.710 bits per heavy atom. The number of amides is 2. The molecule has 0 radical (unpaired) electrons. The second kappa shape index (κ2) is 20.3. The number of carbonyl (C=O) groups excluding carboxylic acids is 2. The Bertz CT molecular complexity index is 474. The molecule has 0 saturated heterocycles. The molecule has 0 rings (SSSR count). The summed E-state index contributed by atoms with van der Waals surface area (Å²) in [4.78, 5) is 33.8. The maximum Gasteiger partial charge on any atom is 0.326 e. The van der Waals surface area contributed by atoms with Crippen molar-refractivity contribution in [3.63, 3.8) is 0 Å². The Morgan fingerprint density at radius 2 is 1.19 bits per heavy atom. The minimum atomic E-state index is -1.13. The van der Waals surface area contributed by atoms with Crippen molar-refractivity contribution in [3.8, 4) is 0 Å². The summed E-state index contributed by atoms with van der Waals surface area (Å²) in [5.41, 5.74) is 5.04. The van der Waals surface area contributed by atoms with Gasteiger partial charge in [-0.3, -0.25) is 9.59 Å². The molecule has 0 aliphatic heterocycles. The summed E-state index contributed by atoms with van der Waals surface area (Å²) < 4.78 is 0. The van der Waals surface area contributed by atoms with Gasteiger partial charge in [-0.15, -0.1) is 0 Å². The van der Waals surface area contributed by atoms with E-state index in [1.807, 2.05) is 0 Å². The van der Waals surface area contributed by atoms with Gasteiger partial charge in [-0.2, -0.15) is 0 Å². The van der Waals surface area contributed by atoms with E-state index in [0.29, 0.717) is 6.42 Å². The Morgan fingerprint density at radius 3 is 1.68 bits per heavy atom. The number of unbranched alkanes of at least 4 members (excludes halogenated alkanes) is 9. The molecule has 0 aliphatic carbocycles. The Kier molecular flexibility index (Phi) is 19.3. The zero-order chi connectivity index (χ0) is 23.3. The van der Waals surface area contributed by atoms with Crippen LogP contribution in [0.5, 0.6) is 0 Å². The second-order valence-electron chi connectivity index (χ2n) is 8.98. The van der Waals surface area contributed by atoms with E-state index in [1.165, 1.54) is 77.0 Å². The third-order valence-electron chi connectivity index (χ3n) is 6.01. The van der Waals surface area contributed by atoms with Crippen molar-refractivity contribution in [3.05, 3.63) is 0 Å². The highest BCUT2D eigenvalue weighted by Gasteiger charge is 2.20. The lowest BCUT2D eigenvalue weighted by Gasteiger charge is -2.16. The number of hydrogen-bond donors (Lipinski definition) is 3. The minimum Gasteiger partial charge on any atom is -0.480 e. The summed E-state index contributed by atoms with van der Waals surface area (Å²) in [6, 6.07) is -1.04. The van der Waals surface area contributed by atoms with Crippen molar-refractivity contribution < 1.29 is 19.5 Å². The first-order valence-corrected chi connectivity index (χ1v) is 12.7. The zero-order valence-electron chi connectivity index (χ0n) is 20.1. The van der Waals surface area contributed by atoms with Crippen molar-refractivity contribution in [2.24, 2.45) is 11.7 Å². The number of primary amides is 1. The molecule has 0 aromatic carbocycles. The predicted molar refractivity (Wildman–Crippen MR) is 127 cm³/mol. The number of carboxylic acid groups (broad SMARTS) is 1. The average Bonchev–Trinajstić information content (AvgIpc) is 2.73. The molecule has 0 aromatic rings. The molecule has 4 N–H and O–H groups in total. The third-order valence-corrected chi connectivity index (χ3v) is 6.01. The van der Waals surface area contributed by atoms with Crippen molar-refractivity contribution >= 4 is 17.8 Å². The van der Waals surface area contributed by atoms with Gasteiger partial charge in [-0.1, -0.05) is 104 Å². The molecule has 0 saturated carbocycles. The third kappa shape index (κ3) is 18.9. The van der Waals surface area contributed by atoms with Crippen LogP contribution in [0.4, 0.5) is 0 Å². The molecule has 182 valence electrons. The largest absolute Gasteiger partial charge is 0.480 e. The van der Waals surface area contributed by atoms with Crippen molar-refractivity contribution in [1.29, 1.82) is 0 Å². The standard InChI is InChI=1S/C25H48N2O4/c1-3-5-15-21(16-6-4-2)17-13-11-9-7-8-10-12-14-18-24(29)27-22(25(30)31)19-20-23(26)28/h21-22H,3-20H2,1-2H3,(H2,26,28)(H,27,29)(H,30,31). The van der Waals surface area contributed by atoms with Crippen molar-refractivity contribution in [2.45, 2.75) is 135 Å². The molecule has 0 fully saturated rings. The van der Waals surface area contributed by atoms with Gasteiger partial charge in [0.1, 0.15) is 6.04 Å². The molecule has 2 amide bonds. The van der Waals surface area contributed by atoms with Crippen molar-refractivity contribution in [1.82, 2.24) is 5.32 Å². The molecular formula is C25H48N2O4. The molecule has 0 heterocycles. The fourth-order valence-corrected chi connectivity index (χ4v) is 4.01. The van der Waals surface area contributed by atoms with E-state index >= 15 is 0 Å². The van der Waals surface area contributed by atoms with Gasteiger partial charge in [-0.05, 0) is 18.8 Å². The fourth-order valence-electron chi connectivity index (χ4n) is 4.01. The summed E-state index contributed by atoms with van der Waals surface area (Å²) in [6.45, 7) is 4.56. The highest BCUT2D eigenvalue weighted by Crippen LogP contribution is 2.23. The first-order chi connectivity index (χ1) is 14.9. The average molecular weight is 441 g/mol. The SMILES string of the molecule is CCCCC(CCCC)CCCCCCCCCCC(=O)NC(CCC(N)=O)C(=O)O. The van der Waals surface area contributed by atoms with Gasteiger partial charge in [0.25, 0.3) is 0 Å². The van der Waals surface area contributed by atoms with E-state index in [9.17, 15) is 14.4 Å². The van der Waals surface area contributed by atoms with Gasteiger partial charge >= 0.3 is 5.97 Å². The van der Waals surface area contributed by atoms with Gasteiger partial charge in [-0.25, -0.2) is 4.79 Å². The molecule has 1 atom stereocenters. The Hall–Kier alpha value is -1.59. The molecule has 6 heteroatoms. The number of nitrogens with one attached hydrogen (secondary N) is 1. The van der Waals surface area contributed by atoms with Crippen LogP contribution in [0.1, 0.15) is 129 Å². The Labute approximate surface area is 190 Å². The number of carbonyl (C=O) groups is 3. The number of aliphatic carboxylic acids is 1. The Balaban J connectivity index is 3.69. The van der Waals surface area contributed by atoms with E-state index in [0.717, 1.165) is 25.2 Å². The second-order valence-corrected chi connectivity index (χ2v) is 8.98. The van der Waals surface area contributed by atoms with Crippen LogP contribution in [0, 0.1) is 5.92 Å². The monoisotopic (exact) mass is 440 g/mol. The van der Waals surface area contributed by atoms with E-state index in [-0.39, 0.29) is 18.7 Å². The number of hydrogen-bond acceptors (Lipinski definition) is 3. The lowest BCUT2D eigenvalue weighted by atomic mass is 9.90. The van der Waals surface area contributed by atoms with Gasteiger partial charge in [0.2, 0.25) is 11.8 Å². The predicted octanol–water partition coefficient (Wildman–Crippen LogP) is 5.72. The zero-order valence-corrected chi connectivity index (χ0v) is 20.1. The maximum atomic E-state index is 11.9. The first kappa shape index (κ1) is 29.4. The molecule has 6 nitrogen and oxygen atoms in total. The van der Waals surface area contributed by atoms with Crippen molar-refractivity contribution in [2.75, 3.05) is 0 Å². The first-order valence-electron chi connectivity index (χ1n) is 12.7. The van der Waals surface area contributed by atoms with Gasteiger partial charge in [0.15, 0.2) is 0 Å². The maximum absolute atomic E-state index is 11.9. The van der Waals surface area contributed by atoms with Crippen LogP contribution < -0.4 is 11.1 Å². The smallest absolute Gasteiger partial charge is 0.326 e. The summed E-state index contributed by atoms with van der Waals surface area (Å²) >= 11 is 0. The van der Waals surface area contributed by atoms with Crippen LogP contribution in [0.3, 0.4) is 0 Å². The topological polar surface area (TPSA) is 109 Å². The normalized spacial score (nSPS) is 12.1. The quantitative estimate of drug-likeness (QED) is 0.187. The number of nitrogens with two attached hydrogens (primary N) is 1. The van der Waals surface area contributed by atoms with Crippen LogP contribution in [-0.2, 0) is 14.4 Å². The van der Waals surface area contributed by atoms with Gasteiger partial charge in [0.05, 0.1) is 0 Å². The van der Waals surface area contributed by atoms with Crippen LogP contribution in [0.25, 0.3) is 0 Å². The highest BCUT2D eigenvalue weighted by molar-refractivity contribution is 5.84. The van der Waals surface area contributed by atoms with Gasteiger partial charge < -0.3 is 16.2 Å².